The normalized spacial score (nSPS) is 16.7. The van der Waals surface area contributed by atoms with Crippen LogP contribution in [0.2, 0.25) is 0 Å². The Kier molecular flexibility index (Phi) is 4.35. The van der Waals surface area contributed by atoms with Gasteiger partial charge in [-0.15, -0.1) is 0 Å². The molecule has 3 aromatic rings. The van der Waals surface area contributed by atoms with Gasteiger partial charge in [0.05, 0.1) is 5.69 Å². The van der Waals surface area contributed by atoms with E-state index in [0.717, 1.165) is 35.0 Å². The van der Waals surface area contributed by atoms with Gasteiger partial charge in [0, 0.05) is 36.5 Å². The fraction of sp³-hybridized carbons (Fsp3) is 0.263. The molecule has 26 heavy (non-hydrogen) atoms. The molecule has 2 aromatic heterocycles. The molecule has 0 saturated carbocycles. The van der Waals surface area contributed by atoms with Crippen LogP contribution in [0, 0.1) is 6.92 Å². The Hall–Kier alpha value is -3.22. The third kappa shape index (κ3) is 3.42. The zero-order valence-electron chi connectivity index (χ0n) is 14.5. The van der Waals surface area contributed by atoms with Crippen molar-refractivity contribution in [2.24, 2.45) is 0 Å². The SMILES string of the molecule is Cc1nc([C@@H]2CCN(C(=O)Nc3ccnc(-c4ccccc4)c3)C2)n[nH]1. The van der Waals surface area contributed by atoms with Gasteiger partial charge in [0.1, 0.15) is 5.82 Å². The predicted octanol–water partition coefficient (Wildman–Crippen LogP) is 3.20. The molecule has 7 nitrogen and oxygen atoms in total. The van der Waals surface area contributed by atoms with Crippen molar-refractivity contribution >= 4 is 11.7 Å². The van der Waals surface area contributed by atoms with E-state index >= 15 is 0 Å². The van der Waals surface area contributed by atoms with Crippen LogP contribution in [0.25, 0.3) is 11.3 Å². The lowest BCUT2D eigenvalue weighted by Gasteiger charge is -2.17. The van der Waals surface area contributed by atoms with Crippen molar-refractivity contribution in [2.75, 3.05) is 18.4 Å². The average molecular weight is 348 g/mol. The Balaban J connectivity index is 1.42. The molecule has 0 radical (unpaired) electrons. The first kappa shape index (κ1) is 16.3. The van der Waals surface area contributed by atoms with E-state index in [9.17, 15) is 4.79 Å². The number of aromatic amines is 1. The zero-order valence-corrected chi connectivity index (χ0v) is 14.5. The van der Waals surface area contributed by atoms with Crippen LogP contribution in [0.3, 0.4) is 0 Å². The molecule has 1 atom stereocenters. The maximum absolute atomic E-state index is 12.6. The lowest BCUT2D eigenvalue weighted by atomic mass is 10.1. The summed E-state index contributed by atoms with van der Waals surface area (Å²) in [5.41, 5.74) is 2.59. The summed E-state index contributed by atoms with van der Waals surface area (Å²) in [6.45, 7) is 3.20. The molecule has 1 aliphatic heterocycles. The van der Waals surface area contributed by atoms with Crippen molar-refractivity contribution in [3.63, 3.8) is 0 Å². The van der Waals surface area contributed by atoms with Crippen LogP contribution in [0.1, 0.15) is 24.0 Å². The smallest absolute Gasteiger partial charge is 0.321 e. The van der Waals surface area contributed by atoms with Crippen LogP contribution in [-0.4, -0.2) is 44.2 Å². The van der Waals surface area contributed by atoms with Crippen molar-refractivity contribution in [3.05, 3.63) is 60.3 Å². The Morgan fingerprint density at radius 2 is 2.12 bits per heavy atom. The van der Waals surface area contributed by atoms with Crippen molar-refractivity contribution in [1.82, 2.24) is 25.1 Å². The fourth-order valence-electron chi connectivity index (χ4n) is 3.18. The molecule has 1 aromatic carbocycles. The van der Waals surface area contributed by atoms with Gasteiger partial charge < -0.3 is 10.2 Å². The summed E-state index contributed by atoms with van der Waals surface area (Å²) in [7, 11) is 0. The minimum absolute atomic E-state index is 0.107. The first-order valence-electron chi connectivity index (χ1n) is 8.65. The highest BCUT2D eigenvalue weighted by Crippen LogP contribution is 2.25. The van der Waals surface area contributed by atoms with Crippen molar-refractivity contribution < 1.29 is 4.79 Å². The number of H-pyrrole nitrogens is 1. The molecule has 0 aliphatic carbocycles. The molecule has 1 fully saturated rings. The molecular weight excluding hydrogens is 328 g/mol. The Morgan fingerprint density at radius 3 is 2.88 bits per heavy atom. The lowest BCUT2D eigenvalue weighted by molar-refractivity contribution is 0.222. The molecule has 132 valence electrons. The first-order chi connectivity index (χ1) is 12.7. The Morgan fingerprint density at radius 1 is 1.27 bits per heavy atom. The summed E-state index contributed by atoms with van der Waals surface area (Å²) >= 11 is 0. The monoisotopic (exact) mass is 348 g/mol. The number of carbonyl (C=O) groups is 1. The number of hydrogen-bond acceptors (Lipinski definition) is 4. The number of hydrogen-bond donors (Lipinski definition) is 2. The van der Waals surface area contributed by atoms with E-state index in [1.54, 1.807) is 17.2 Å². The number of aryl methyl sites for hydroxylation is 1. The number of benzene rings is 1. The van der Waals surface area contributed by atoms with Gasteiger partial charge in [0.15, 0.2) is 5.82 Å². The van der Waals surface area contributed by atoms with Crippen LogP contribution in [0.15, 0.2) is 48.7 Å². The Labute approximate surface area is 151 Å². The highest BCUT2D eigenvalue weighted by Gasteiger charge is 2.29. The van der Waals surface area contributed by atoms with Gasteiger partial charge in [-0.3, -0.25) is 10.1 Å². The zero-order chi connectivity index (χ0) is 17.9. The number of nitrogens with zero attached hydrogens (tertiary/aromatic N) is 4. The number of rotatable bonds is 3. The van der Waals surface area contributed by atoms with E-state index in [-0.39, 0.29) is 11.9 Å². The highest BCUT2D eigenvalue weighted by atomic mass is 16.2. The number of likely N-dealkylation sites (tertiary alicyclic amines) is 1. The number of anilines is 1. The Bertz CT molecular complexity index is 907. The fourth-order valence-corrected chi connectivity index (χ4v) is 3.18. The maximum atomic E-state index is 12.6. The van der Waals surface area contributed by atoms with Gasteiger partial charge in [-0.1, -0.05) is 30.3 Å². The number of aromatic nitrogens is 4. The number of carbonyl (C=O) groups excluding carboxylic acids is 1. The number of urea groups is 1. The summed E-state index contributed by atoms with van der Waals surface area (Å²) < 4.78 is 0. The molecular formula is C19H20N6O. The van der Waals surface area contributed by atoms with Crippen molar-refractivity contribution in [3.8, 4) is 11.3 Å². The summed E-state index contributed by atoms with van der Waals surface area (Å²) in [4.78, 5) is 23.2. The third-order valence-corrected chi connectivity index (χ3v) is 4.54. The molecule has 0 spiro atoms. The minimum atomic E-state index is -0.107. The molecule has 1 saturated heterocycles. The second-order valence-corrected chi connectivity index (χ2v) is 6.44. The van der Waals surface area contributed by atoms with E-state index in [1.807, 2.05) is 43.3 Å². The summed E-state index contributed by atoms with van der Waals surface area (Å²) in [5.74, 6) is 1.77. The number of pyridine rings is 1. The first-order valence-corrected chi connectivity index (χ1v) is 8.65. The predicted molar refractivity (Wildman–Crippen MR) is 98.7 cm³/mol. The van der Waals surface area contributed by atoms with Crippen LogP contribution >= 0.6 is 0 Å². The van der Waals surface area contributed by atoms with E-state index in [2.05, 4.69) is 25.5 Å². The molecule has 0 bridgehead atoms. The standard InChI is InChI=1S/C19H20N6O/c1-13-21-18(24-23-13)15-8-10-25(12-15)19(26)22-16-7-9-20-17(11-16)14-5-3-2-4-6-14/h2-7,9,11,15H,8,10,12H2,1H3,(H,20,22,26)(H,21,23,24)/t15-/m1/s1. The summed E-state index contributed by atoms with van der Waals surface area (Å²) in [6, 6.07) is 13.5. The molecule has 7 heteroatoms. The molecule has 1 aliphatic rings. The summed E-state index contributed by atoms with van der Waals surface area (Å²) in [5, 5.41) is 10.1. The average Bonchev–Trinajstić information content (AvgIpc) is 3.32. The largest absolute Gasteiger partial charge is 0.324 e. The molecule has 2 N–H and O–H groups in total. The van der Waals surface area contributed by atoms with Gasteiger partial charge in [-0.2, -0.15) is 5.10 Å². The van der Waals surface area contributed by atoms with Gasteiger partial charge in [-0.05, 0) is 25.5 Å². The second kappa shape index (κ2) is 6.95. The van der Waals surface area contributed by atoms with Crippen LogP contribution in [-0.2, 0) is 0 Å². The molecule has 2 amide bonds. The van der Waals surface area contributed by atoms with E-state index in [0.29, 0.717) is 13.1 Å². The number of amides is 2. The lowest BCUT2D eigenvalue weighted by Crippen LogP contribution is -2.32. The van der Waals surface area contributed by atoms with Crippen LogP contribution < -0.4 is 5.32 Å². The van der Waals surface area contributed by atoms with Gasteiger partial charge in [0.25, 0.3) is 0 Å². The molecule has 0 unspecified atom stereocenters. The number of nitrogens with one attached hydrogen (secondary N) is 2. The van der Waals surface area contributed by atoms with E-state index in [1.165, 1.54) is 0 Å². The van der Waals surface area contributed by atoms with Gasteiger partial charge in [0.2, 0.25) is 0 Å². The topological polar surface area (TPSA) is 86.8 Å². The van der Waals surface area contributed by atoms with Gasteiger partial charge in [-0.25, -0.2) is 9.78 Å². The van der Waals surface area contributed by atoms with E-state index in [4.69, 9.17) is 0 Å². The van der Waals surface area contributed by atoms with Gasteiger partial charge >= 0.3 is 6.03 Å². The minimum Gasteiger partial charge on any atom is -0.324 e. The quantitative estimate of drug-likeness (QED) is 0.761. The van der Waals surface area contributed by atoms with Crippen molar-refractivity contribution in [2.45, 2.75) is 19.3 Å². The molecule has 4 rings (SSSR count). The highest BCUT2D eigenvalue weighted by molar-refractivity contribution is 5.90. The molecule has 3 heterocycles. The third-order valence-electron chi connectivity index (χ3n) is 4.54. The van der Waals surface area contributed by atoms with Crippen molar-refractivity contribution in [1.29, 1.82) is 0 Å². The second-order valence-electron chi connectivity index (χ2n) is 6.44. The maximum Gasteiger partial charge on any atom is 0.321 e. The van der Waals surface area contributed by atoms with E-state index < -0.39 is 0 Å². The summed E-state index contributed by atoms with van der Waals surface area (Å²) in [6.07, 6.45) is 2.58. The van der Waals surface area contributed by atoms with Crippen LogP contribution in [0.5, 0.6) is 0 Å². The van der Waals surface area contributed by atoms with Crippen LogP contribution in [0.4, 0.5) is 10.5 Å².